The molecule has 1 aromatic carbocycles. The summed E-state index contributed by atoms with van der Waals surface area (Å²) in [6.45, 7) is 2.14. The average Bonchev–Trinajstić information content (AvgIpc) is 3.06. The molecule has 1 aliphatic heterocycles. The third kappa shape index (κ3) is 3.80. The van der Waals surface area contributed by atoms with Crippen LogP contribution in [-0.2, 0) is 11.2 Å². The number of benzene rings is 1. The maximum atomic E-state index is 11.2. The molecule has 0 bridgehead atoms. The minimum Gasteiger partial charge on any atom is -0.497 e. The molecule has 0 aliphatic carbocycles. The summed E-state index contributed by atoms with van der Waals surface area (Å²) in [7, 11) is 1.66. The summed E-state index contributed by atoms with van der Waals surface area (Å²) in [6.07, 6.45) is 0.888. The molecule has 0 saturated carbocycles. The Hall–Kier alpha value is -2.12. The van der Waals surface area contributed by atoms with Crippen molar-refractivity contribution in [2.24, 2.45) is 5.73 Å². The molecular weight excluding hydrogens is 314 g/mol. The largest absolute Gasteiger partial charge is 0.497 e. The van der Waals surface area contributed by atoms with Crippen molar-refractivity contribution < 1.29 is 14.3 Å². The fraction of sp³-hybridized carbons (Fsp3) is 0.375. The average molecular weight is 333 g/mol. The predicted octanol–water partition coefficient (Wildman–Crippen LogP) is 1.70. The lowest BCUT2D eigenvalue weighted by Crippen LogP contribution is -2.43. The Labute approximate surface area is 138 Å². The molecule has 0 unspecified atom stereocenters. The summed E-state index contributed by atoms with van der Waals surface area (Å²) in [6, 6.07) is 8.00. The number of thiazole rings is 1. The second-order valence-corrected chi connectivity index (χ2v) is 6.21. The van der Waals surface area contributed by atoms with Gasteiger partial charge in [-0.2, -0.15) is 0 Å². The summed E-state index contributed by atoms with van der Waals surface area (Å²) in [5.74, 6) is 0.356. The van der Waals surface area contributed by atoms with E-state index in [1.54, 1.807) is 12.5 Å². The van der Waals surface area contributed by atoms with Crippen molar-refractivity contribution in [3.63, 3.8) is 0 Å². The fourth-order valence-corrected chi connectivity index (χ4v) is 3.45. The monoisotopic (exact) mass is 333 g/mol. The van der Waals surface area contributed by atoms with Gasteiger partial charge in [-0.1, -0.05) is 12.1 Å². The zero-order valence-corrected chi connectivity index (χ0v) is 13.7. The van der Waals surface area contributed by atoms with E-state index in [9.17, 15) is 4.79 Å². The van der Waals surface area contributed by atoms with E-state index in [1.807, 2.05) is 18.2 Å². The molecule has 1 atom stereocenters. The molecule has 6 nitrogen and oxygen atoms in total. The molecule has 122 valence electrons. The van der Waals surface area contributed by atoms with Crippen molar-refractivity contribution in [1.82, 2.24) is 4.98 Å². The number of anilines is 1. The number of hydrogen-bond donors (Lipinski definition) is 1. The lowest BCUT2D eigenvalue weighted by atomic mass is 10.1. The van der Waals surface area contributed by atoms with Crippen LogP contribution in [0, 0.1) is 0 Å². The van der Waals surface area contributed by atoms with Crippen molar-refractivity contribution in [3.8, 4) is 5.75 Å². The van der Waals surface area contributed by atoms with Crippen LogP contribution in [0.1, 0.15) is 16.1 Å². The molecule has 1 fully saturated rings. The van der Waals surface area contributed by atoms with Crippen LogP contribution in [0.15, 0.2) is 29.6 Å². The molecule has 2 heterocycles. The number of primary amides is 1. The van der Waals surface area contributed by atoms with Gasteiger partial charge >= 0.3 is 0 Å². The lowest BCUT2D eigenvalue weighted by Gasteiger charge is -2.32. The second kappa shape index (κ2) is 6.97. The maximum absolute atomic E-state index is 11.2. The quantitative estimate of drug-likeness (QED) is 0.901. The van der Waals surface area contributed by atoms with E-state index in [2.05, 4.69) is 16.0 Å². The van der Waals surface area contributed by atoms with E-state index in [4.69, 9.17) is 15.2 Å². The van der Waals surface area contributed by atoms with Gasteiger partial charge in [0.15, 0.2) is 5.13 Å². The summed E-state index contributed by atoms with van der Waals surface area (Å²) in [5.41, 5.74) is 6.76. The normalized spacial score (nSPS) is 18.0. The van der Waals surface area contributed by atoms with Gasteiger partial charge in [-0.3, -0.25) is 4.79 Å². The molecule has 7 heteroatoms. The van der Waals surface area contributed by atoms with Crippen molar-refractivity contribution >= 4 is 22.4 Å². The molecule has 0 radical (unpaired) electrons. The van der Waals surface area contributed by atoms with Crippen molar-refractivity contribution in [2.45, 2.75) is 12.5 Å². The first-order valence-electron chi connectivity index (χ1n) is 7.40. The first kappa shape index (κ1) is 15.8. The van der Waals surface area contributed by atoms with E-state index < -0.39 is 5.91 Å². The van der Waals surface area contributed by atoms with Crippen LogP contribution in [0.25, 0.3) is 0 Å². The molecule has 2 aromatic rings. The molecule has 23 heavy (non-hydrogen) atoms. The van der Waals surface area contributed by atoms with Gasteiger partial charge in [0.25, 0.3) is 5.91 Å². The van der Waals surface area contributed by atoms with E-state index in [0.717, 1.165) is 30.4 Å². The standard InChI is InChI=1S/C16H19N3O3S/c1-21-12-4-2-3-11(7-12)8-13-9-19(5-6-22-13)16-18-14(10-23-16)15(17)20/h2-4,7,10,13H,5-6,8-9H2,1H3,(H2,17,20)/t13-/m0/s1. The van der Waals surface area contributed by atoms with Crippen molar-refractivity contribution in [2.75, 3.05) is 31.7 Å². The van der Waals surface area contributed by atoms with Crippen LogP contribution >= 0.6 is 11.3 Å². The highest BCUT2D eigenvalue weighted by Gasteiger charge is 2.23. The fourth-order valence-electron chi connectivity index (χ4n) is 2.60. The lowest BCUT2D eigenvalue weighted by molar-refractivity contribution is 0.0410. The molecule has 3 rings (SSSR count). The number of hydrogen-bond acceptors (Lipinski definition) is 6. The summed E-state index contributed by atoms with van der Waals surface area (Å²) in [5, 5.41) is 2.52. The third-order valence-corrected chi connectivity index (χ3v) is 4.65. The number of nitrogens with two attached hydrogens (primary N) is 1. The molecule has 1 amide bonds. The molecule has 1 aliphatic rings. The van der Waals surface area contributed by atoms with Crippen LogP contribution in [0.4, 0.5) is 5.13 Å². The summed E-state index contributed by atoms with van der Waals surface area (Å²) >= 11 is 1.44. The number of morpholine rings is 1. The number of carbonyl (C=O) groups excluding carboxylic acids is 1. The Bertz CT molecular complexity index is 689. The zero-order chi connectivity index (χ0) is 16.2. The number of methoxy groups -OCH3 is 1. The molecule has 1 saturated heterocycles. The number of rotatable bonds is 5. The van der Waals surface area contributed by atoms with Gasteiger partial charge in [0.05, 0.1) is 19.8 Å². The van der Waals surface area contributed by atoms with Gasteiger partial charge in [-0.15, -0.1) is 11.3 Å². The Morgan fingerprint density at radius 3 is 3.17 bits per heavy atom. The SMILES string of the molecule is COc1cccc(C[C@H]2CN(c3nc(C(N)=O)cs3)CCO2)c1. The topological polar surface area (TPSA) is 77.7 Å². The van der Waals surface area contributed by atoms with Crippen LogP contribution in [0.5, 0.6) is 5.75 Å². The van der Waals surface area contributed by atoms with Crippen LogP contribution in [0.3, 0.4) is 0 Å². The Kier molecular flexibility index (Phi) is 4.78. The van der Waals surface area contributed by atoms with Crippen LogP contribution in [-0.4, -0.2) is 43.8 Å². The first-order chi connectivity index (χ1) is 11.2. The van der Waals surface area contributed by atoms with Crippen molar-refractivity contribution in [1.29, 1.82) is 0 Å². The third-order valence-electron chi connectivity index (χ3n) is 3.75. The molecule has 0 spiro atoms. The van der Waals surface area contributed by atoms with Gasteiger partial charge in [0, 0.05) is 24.9 Å². The van der Waals surface area contributed by atoms with E-state index in [0.29, 0.717) is 12.3 Å². The maximum Gasteiger partial charge on any atom is 0.268 e. The number of carbonyl (C=O) groups is 1. The van der Waals surface area contributed by atoms with Crippen molar-refractivity contribution in [3.05, 3.63) is 40.9 Å². The highest BCUT2D eigenvalue weighted by Crippen LogP contribution is 2.24. The second-order valence-electron chi connectivity index (χ2n) is 5.37. The van der Waals surface area contributed by atoms with Gasteiger partial charge < -0.3 is 20.1 Å². The Morgan fingerprint density at radius 2 is 2.43 bits per heavy atom. The van der Waals surface area contributed by atoms with E-state index >= 15 is 0 Å². The number of amides is 1. The molecular formula is C16H19N3O3S. The predicted molar refractivity (Wildman–Crippen MR) is 89.3 cm³/mol. The van der Waals surface area contributed by atoms with E-state index in [1.165, 1.54) is 16.9 Å². The number of ether oxygens (including phenoxy) is 2. The summed E-state index contributed by atoms with van der Waals surface area (Å²) in [4.78, 5) is 17.6. The first-order valence-corrected chi connectivity index (χ1v) is 8.28. The Balaban J connectivity index is 1.66. The zero-order valence-electron chi connectivity index (χ0n) is 12.9. The highest BCUT2D eigenvalue weighted by atomic mass is 32.1. The molecule has 1 aromatic heterocycles. The van der Waals surface area contributed by atoms with E-state index in [-0.39, 0.29) is 6.10 Å². The van der Waals surface area contributed by atoms with Crippen LogP contribution < -0.4 is 15.4 Å². The smallest absolute Gasteiger partial charge is 0.268 e. The van der Waals surface area contributed by atoms with Crippen LogP contribution in [0.2, 0.25) is 0 Å². The molecule has 2 N–H and O–H groups in total. The minimum absolute atomic E-state index is 0.0804. The Morgan fingerprint density at radius 1 is 1.57 bits per heavy atom. The number of nitrogens with zero attached hydrogens (tertiary/aromatic N) is 2. The van der Waals surface area contributed by atoms with Gasteiger partial charge in [0.2, 0.25) is 0 Å². The van der Waals surface area contributed by atoms with Gasteiger partial charge in [-0.05, 0) is 17.7 Å². The summed E-state index contributed by atoms with van der Waals surface area (Å²) < 4.78 is 11.1. The number of aromatic nitrogens is 1. The van der Waals surface area contributed by atoms with Gasteiger partial charge in [0.1, 0.15) is 11.4 Å². The highest BCUT2D eigenvalue weighted by molar-refractivity contribution is 7.13. The minimum atomic E-state index is -0.492. The van der Waals surface area contributed by atoms with Gasteiger partial charge in [-0.25, -0.2) is 4.98 Å².